The maximum absolute atomic E-state index is 11.5. The fourth-order valence-corrected chi connectivity index (χ4v) is 3.41. The third-order valence-electron chi connectivity index (χ3n) is 4.60. The van der Waals surface area contributed by atoms with Gasteiger partial charge in [-0.15, -0.1) is 0 Å². The molecule has 1 aromatic heterocycles. The van der Waals surface area contributed by atoms with Gasteiger partial charge in [0.1, 0.15) is 12.1 Å². The highest BCUT2D eigenvalue weighted by atomic mass is 16.2. The molecule has 2 aliphatic rings. The molecule has 2 heterocycles. The highest BCUT2D eigenvalue weighted by Gasteiger charge is 2.31. The predicted octanol–water partition coefficient (Wildman–Crippen LogP) is 1.58. The number of hydrogen-bond donors (Lipinski definition) is 0. The largest absolute Gasteiger partial charge is 0.350 e. The van der Waals surface area contributed by atoms with E-state index < -0.39 is 0 Å². The first kappa shape index (κ1) is 13.3. The van der Waals surface area contributed by atoms with Gasteiger partial charge in [0.15, 0.2) is 0 Å². The molecule has 5 heteroatoms. The Balaban J connectivity index is 1.88. The van der Waals surface area contributed by atoms with Crippen LogP contribution in [0.1, 0.15) is 44.4 Å². The molecule has 108 valence electrons. The van der Waals surface area contributed by atoms with Crippen molar-refractivity contribution in [2.75, 3.05) is 24.5 Å². The van der Waals surface area contributed by atoms with E-state index in [9.17, 15) is 4.79 Å². The first-order valence-electron chi connectivity index (χ1n) is 7.44. The van der Waals surface area contributed by atoms with Crippen LogP contribution in [0.2, 0.25) is 0 Å². The van der Waals surface area contributed by atoms with Gasteiger partial charge in [0.25, 0.3) is 0 Å². The summed E-state index contributed by atoms with van der Waals surface area (Å²) in [5.74, 6) is 1.80. The molecule has 0 bridgehead atoms. The second-order valence-corrected chi connectivity index (χ2v) is 6.00. The minimum atomic E-state index is 0.165. The summed E-state index contributed by atoms with van der Waals surface area (Å²) in [4.78, 5) is 24.8. The predicted molar refractivity (Wildman–Crippen MR) is 77.8 cm³/mol. The summed E-state index contributed by atoms with van der Waals surface area (Å²) in [6, 6.07) is 0.305. The monoisotopic (exact) mass is 274 g/mol. The molecule has 5 nitrogen and oxygen atoms in total. The van der Waals surface area contributed by atoms with Gasteiger partial charge in [-0.3, -0.25) is 4.79 Å². The van der Waals surface area contributed by atoms with Crippen LogP contribution in [0.15, 0.2) is 6.33 Å². The summed E-state index contributed by atoms with van der Waals surface area (Å²) in [6.45, 7) is 8.50. The van der Waals surface area contributed by atoms with Gasteiger partial charge in [0.2, 0.25) is 5.91 Å². The Morgan fingerprint density at radius 3 is 2.80 bits per heavy atom. The van der Waals surface area contributed by atoms with Crippen LogP contribution in [-0.2, 0) is 11.2 Å². The molecule has 0 spiro atoms. The van der Waals surface area contributed by atoms with Gasteiger partial charge in [-0.05, 0) is 25.7 Å². The van der Waals surface area contributed by atoms with E-state index in [1.807, 2.05) is 4.90 Å². The number of hydrogen-bond acceptors (Lipinski definition) is 4. The standard InChI is InChI=1S/C15H22N4O/c1-10-4-5-13-14(10)15(17-9-16-13)19-7-6-18(12(3)20)8-11(19)2/h9-11H,4-8H2,1-3H3/t10-,11+/m1/s1. The molecule has 0 N–H and O–H groups in total. The molecule has 1 amide bonds. The second kappa shape index (κ2) is 5.04. The lowest BCUT2D eigenvalue weighted by Gasteiger charge is -2.41. The normalized spacial score (nSPS) is 25.8. The minimum absolute atomic E-state index is 0.165. The number of rotatable bonds is 1. The van der Waals surface area contributed by atoms with Crippen LogP contribution in [0.4, 0.5) is 5.82 Å². The lowest BCUT2D eigenvalue weighted by Crippen LogP contribution is -2.53. The van der Waals surface area contributed by atoms with Crippen molar-refractivity contribution in [3.05, 3.63) is 17.6 Å². The molecular weight excluding hydrogens is 252 g/mol. The first-order valence-corrected chi connectivity index (χ1v) is 7.44. The average molecular weight is 274 g/mol. The van der Waals surface area contributed by atoms with E-state index in [1.165, 1.54) is 17.7 Å². The first-order chi connectivity index (χ1) is 9.58. The Morgan fingerprint density at radius 2 is 2.10 bits per heavy atom. The highest BCUT2D eigenvalue weighted by molar-refractivity contribution is 5.73. The van der Waals surface area contributed by atoms with Crippen molar-refractivity contribution in [2.45, 2.75) is 45.6 Å². The van der Waals surface area contributed by atoms with Crippen molar-refractivity contribution in [3.8, 4) is 0 Å². The zero-order valence-electron chi connectivity index (χ0n) is 12.5. The third kappa shape index (κ3) is 2.15. The number of carbonyl (C=O) groups excluding carboxylic acids is 1. The summed E-state index contributed by atoms with van der Waals surface area (Å²) >= 11 is 0. The number of nitrogens with zero attached hydrogens (tertiary/aromatic N) is 4. The number of anilines is 1. The molecule has 0 aromatic carbocycles. The lowest BCUT2D eigenvalue weighted by molar-refractivity contribution is -0.129. The summed E-state index contributed by atoms with van der Waals surface area (Å²) in [6.07, 6.45) is 3.92. The zero-order chi connectivity index (χ0) is 14.3. The fourth-order valence-electron chi connectivity index (χ4n) is 3.41. The average Bonchev–Trinajstić information content (AvgIpc) is 2.81. The van der Waals surface area contributed by atoms with Gasteiger partial charge in [-0.25, -0.2) is 9.97 Å². The van der Waals surface area contributed by atoms with Crippen LogP contribution < -0.4 is 4.90 Å². The van der Waals surface area contributed by atoms with E-state index in [-0.39, 0.29) is 5.91 Å². The quantitative estimate of drug-likeness (QED) is 0.780. The van der Waals surface area contributed by atoms with Crippen molar-refractivity contribution < 1.29 is 4.79 Å². The minimum Gasteiger partial charge on any atom is -0.350 e. The Kier molecular flexibility index (Phi) is 3.36. The number of aryl methyl sites for hydroxylation is 1. The Morgan fingerprint density at radius 1 is 1.30 bits per heavy atom. The molecule has 3 rings (SSSR count). The van der Waals surface area contributed by atoms with E-state index in [1.54, 1.807) is 13.3 Å². The Bertz CT molecular complexity index is 531. The van der Waals surface area contributed by atoms with Crippen LogP contribution in [0.3, 0.4) is 0 Å². The molecule has 1 saturated heterocycles. The van der Waals surface area contributed by atoms with Crippen molar-refractivity contribution in [2.24, 2.45) is 0 Å². The summed E-state index contributed by atoms with van der Waals surface area (Å²) < 4.78 is 0. The van der Waals surface area contributed by atoms with Crippen molar-refractivity contribution in [3.63, 3.8) is 0 Å². The van der Waals surface area contributed by atoms with Crippen molar-refractivity contribution in [1.29, 1.82) is 0 Å². The molecule has 0 saturated carbocycles. The van der Waals surface area contributed by atoms with Gasteiger partial charge < -0.3 is 9.80 Å². The smallest absolute Gasteiger partial charge is 0.219 e. The topological polar surface area (TPSA) is 49.3 Å². The molecule has 0 radical (unpaired) electrons. The van der Waals surface area contributed by atoms with Gasteiger partial charge in [0, 0.05) is 43.9 Å². The summed E-state index contributed by atoms with van der Waals surface area (Å²) in [5.41, 5.74) is 2.54. The van der Waals surface area contributed by atoms with Gasteiger partial charge >= 0.3 is 0 Å². The number of aromatic nitrogens is 2. The Labute approximate surface area is 120 Å². The van der Waals surface area contributed by atoms with Gasteiger partial charge in [-0.2, -0.15) is 0 Å². The molecular formula is C15H22N4O. The molecule has 1 aliphatic heterocycles. The maximum atomic E-state index is 11.5. The van der Waals surface area contributed by atoms with Crippen molar-refractivity contribution >= 4 is 11.7 Å². The second-order valence-electron chi connectivity index (χ2n) is 6.00. The highest BCUT2D eigenvalue weighted by Crippen LogP contribution is 2.37. The molecule has 20 heavy (non-hydrogen) atoms. The third-order valence-corrected chi connectivity index (χ3v) is 4.60. The van der Waals surface area contributed by atoms with Crippen LogP contribution in [0.5, 0.6) is 0 Å². The molecule has 0 unspecified atom stereocenters. The maximum Gasteiger partial charge on any atom is 0.219 e. The molecule has 2 atom stereocenters. The number of amides is 1. The Hall–Kier alpha value is -1.65. The molecule has 1 aliphatic carbocycles. The van der Waals surface area contributed by atoms with E-state index in [0.717, 1.165) is 31.9 Å². The van der Waals surface area contributed by atoms with Crippen molar-refractivity contribution in [1.82, 2.24) is 14.9 Å². The van der Waals surface area contributed by atoms with Crippen LogP contribution in [0.25, 0.3) is 0 Å². The van der Waals surface area contributed by atoms with Crippen LogP contribution >= 0.6 is 0 Å². The lowest BCUT2D eigenvalue weighted by atomic mass is 10.0. The van der Waals surface area contributed by atoms with E-state index >= 15 is 0 Å². The molecule has 1 aromatic rings. The van der Waals surface area contributed by atoms with Crippen LogP contribution in [0, 0.1) is 0 Å². The van der Waals surface area contributed by atoms with Gasteiger partial charge in [0.05, 0.1) is 0 Å². The SMILES string of the molecule is CC(=O)N1CCN(c2ncnc3c2[C@H](C)CC3)[C@@H](C)C1. The summed E-state index contributed by atoms with van der Waals surface area (Å²) in [5, 5.41) is 0. The number of carbonyl (C=O) groups is 1. The fraction of sp³-hybridized carbons (Fsp3) is 0.667. The van der Waals surface area contributed by atoms with E-state index in [2.05, 4.69) is 28.7 Å². The van der Waals surface area contributed by atoms with Crippen LogP contribution in [-0.4, -0.2) is 46.5 Å². The summed E-state index contributed by atoms with van der Waals surface area (Å²) in [7, 11) is 0. The molecule has 1 fully saturated rings. The number of fused-ring (bicyclic) bond motifs is 1. The van der Waals surface area contributed by atoms with E-state index in [4.69, 9.17) is 0 Å². The van der Waals surface area contributed by atoms with Gasteiger partial charge in [-0.1, -0.05) is 6.92 Å². The number of piperazine rings is 1. The van der Waals surface area contributed by atoms with E-state index in [0.29, 0.717) is 12.0 Å². The zero-order valence-corrected chi connectivity index (χ0v) is 12.5.